The van der Waals surface area contributed by atoms with E-state index in [1.54, 1.807) is 7.05 Å². The summed E-state index contributed by atoms with van der Waals surface area (Å²) in [5.74, 6) is -1.11. The average molecular weight is 270 g/mol. The number of carbonyl (C=O) groups is 3. The number of imide groups is 1. The standard InChI is InChI=1S/C13H22N2O4/c1-8(9-5-6-9)15(4)12(19)14-10(16)7-13(2,3)11(17)18/h8-9H,5-7H2,1-4H3,(H,17,18)(H,14,16,19). The molecular formula is C13H22N2O4. The Morgan fingerprint density at radius 1 is 1.37 bits per heavy atom. The summed E-state index contributed by atoms with van der Waals surface area (Å²) < 4.78 is 0. The number of hydrogen-bond donors (Lipinski definition) is 2. The third kappa shape index (κ3) is 4.22. The lowest BCUT2D eigenvalue weighted by Crippen LogP contribution is -2.46. The smallest absolute Gasteiger partial charge is 0.324 e. The van der Waals surface area contributed by atoms with Crippen LogP contribution >= 0.6 is 0 Å². The summed E-state index contributed by atoms with van der Waals surface area (Å²) >= 11 is 0. The first kappa shape index (κ1) is 15.5. The van der Waals surface area contributed by atoms with Crippen LogP contribution in [0.25, 0.3) is 0 Å². The SMILES string of the molecule is CC(C1CC1)N(C)C(=O)NC(=O)CC(C)(C)C(=O)O. The summed E-state index contributed by atoms with van der Waals surface area (Å²) in [6.45, 7) is 4.86. The van der Waals surface area contributed by atoms with Gasteiger partial charge in [-0.2, -0.15) is 0 Å². The summed E-state index contributed by atoms with van der Waals surface area (Å²) in [4.78, 5) is 35.9. The fourth-order valence-electron chi connectivity index (χ4n) is 1.81. The minimum absolute atomic E-state index is 0.0975. The van der Waals surface area contributed by atoms with Crippen molar-refractivity contribution in [2.75, 3.05) is 7.05 Å². The maximum atomic E-state index is 11.8. The molecule has 2 N–H and O–H groups in total. The van der Waals surface area contributed by atoms with Crippen molar-refractivity contribution in [3.8, 4) is 0 Å². The molecule has 0 heterocycles. The molecule has 0 aromatic heterocycles. The van der Waals surface area contributed by atoms with Gasteiger partial charge in [0.1, 0.15) is 0 Å². The van der Waals surface area contributed by atoms with Crippen LogP contribution in [-0.2, 0) is 9.59 Å². The summed E-state index contributed by atoms with van der Waals surface area (Å²) in [5, 5.41) is 11.2. The first-order valence-corrected chi connectivity index (χ1v) is 6.45. The van der Waals surface area contributed by atoms with E-state index in [0.29, 0.717) is 5.92 Å². The van der Waals surface area contributed by atoms with Crippen molar-refractivity contribution in [2.24, 2.45) is 11.3 Å². The molecule has 0 bridgehead atoms. The number of carbonyl (C=O) groups excluding carboxylic acids is 2. The number of aliphatic carboxylic acids is 1. The van der Waals surface area contributed by atoms with E-state index in [9.17, 15) is 14.4 Å². The summed E-state index contributed by atoms with van der Waals surface area (Å²) in [5.41, 5.74) is -1.18. The molecule has 108 valence electrons. The Labute approximate surface area is 113 Å². The van der Waals surface area contributed by atoms with Gasteiger partial charge in [0.25, 0.3) is 0 Å². The van der Waals surface area contributed by atoms with Crippen LogP contribution < -0.4 is 5.32 Å². The molecule has 1 aliphatic carbocycles. The van der Waals surface area contributed by atoms with Crippen molar-refractivity contribution in [3.05, 3.63) is 0 Å². The molecule has 0 aromatic carbocycles. The fraction of sp³-hybridized carbons (Fsp3) is 0.769. The van der Waals surface area contributed by atoms with Crippen LogP contribution in [0.5, 0.6) is 0 Å². The van der Waals surface area contributed by atoms with Crippen molar-refractivity contribution in [1.82, 2.24) is 10.2 Å². The monoisotopic (exact) mass is 270 g/mol. The quantitative estimate of drug-likeness (QED) is 0.791. The molecule has 1 atom stereocenters. The Kier molecular flexibility index (Phi) is 4.55. The van der Waals surface area contributed by atoms with Gasteiger partial charge in [-0.3, -0.25) is 14.9 Å². The molecular weight excluding hydrogens is 248 g/mol. The molecule has 0 radical (unpaired) electrons. The highest BCUT2D eigenvalue weighted by molar-refractivity contribution is 5.96. The number of rotatable bonds is 5. The van der Waals surface area contributed by atoms with Crippen LogP contribution in [-0.4, -0.2) is 41.0 Å². The Balaban J connectivity index is 2.47. The van der Waals surface area contributed by atoms with Crippen LogP contribution in [0.3, 0.4) is 0 Å². The topological polar surface area (TPSA) is 86.7 Å². The fourth-order valence-corrected chi connectivity index (χ4v) is 1.81. The lowest BCUT2D eigenvalue weighted by molar-refractivity contribution is -0.149. The molecule has 0 spiro atoms. The summed E-state index contributed by atoms with van der Waals surface area (Å²) in [6, 6.07) is -0.370. The second kappa shape index (κ2) is 5.59. The minimum atomic E-state index is -1.18. The molecule has 6 heteroatoms. The molecule has 1 rings (SSSR count). The van der Waals surface area contributed by atoms with E-state index in [1.165, 1.54) is 18.7 Å². The Morgan fingerprint density at radius 2 is 1.89 bits per heavy atom. The van der Waals surface area contributed by atoms with Crippen LogP contribution in [0.15, 0.2) is 0 Å². The first-order chi connectivity index (χ1) is 8.65. The van der Waals surface area contributed by atoms with E-state index in [2.05, 4.69) is 5.32 Å². The highest BCUT2D eigenvalue weighted by Crippen LogP contribution is 2.34. The zero-order valence-electron chi connectivity index (χ0n) is 11.9. The van der Waals surface area contributed by atoms with E-state index in [-0.39, 0.29) is 12.5 Å². The highest BCUT2D eigenvalue weighted by atomic mass is 16.4. The number of nitrogens with one attached hydrogen (secondary N) is 1. The van der Waals surface area contributed by atoms with Gasteiger partial charge in [-0.05, 0) is 39.5 Å². The van der Waals surface area contributed by atoms with E-state index < -0.39 is 23.3 Å². The third-order valence-electron chi connectivity index (χ3n) is 3.66. The number of hydrogen-bond acceptors (Lipinski definition) is 3. The number of carboxylic acid groups (broad SMARTS) is 1. The van der Waals surface area contributed by atoms with Gasteiger partial charge in [0.15, 0.2) is 0 Å². The molecule has 1 unspecified atom stereocenters. The molecule has 0 saturated heterocycles. The maximum absolute atomic E-state index is 11.8. The Hall–Kier alpha value is -1.59. The van der Waals surface area contributed by atoms with Gasteiger partial charge in [0.2, 0.25) is 5.91 Å². The van der Waals surface area contributed by atoms with Crippen molar-refractivity contribution in [3.63, 3.8) is 0 Å². The molecule has 19 heavy (non-hydrogen) atoms. The lowest BCUT2D eigenvalue weighted by atomic mass is 9.89. The normalized spacial score (nSPS) is 16.6. The zero-order chi connectivity index (χ0) is 14.8. The van der Waals surface area contributed by atoms with Crippen LogP contribution in [0.1, 0.15) is 40.0 Å². The second-order valence-corrected chi connectivity index (χ2v) is 5.91. The molecule has 1 aliphatic rings. The van der Waals surface area contributed by atoms with Gasteiger partial charge >= 0.3 is 12.0 Å². The number of amides is 3. The predicted molar refractivity (Wildman–Crippen MR) is 69.5 cm³/mol. The van der Waals surface area contributed by atoms with Crippen molar-refractivity contribution in [2.45, 2.75) is 46.1 Å². The van der Waals surface area contributed by atoms with E-state index in [4.69, 9.17) is 5.11 Å². The first-order valence-electron chi connectivity index (χ1n) is 6.45. The molecule has 1 saturated carbocycles. The summed E-state index contributed by atoms with van der Waals surface area (Å²) in [7, 11) is 1.65. The van der Waals surface area contributed by atoms with Crippen LogP contribution in [0, 0.1) is 11.3 Å². The predicted octanol–water partition coefficient (Wildman–Crippen LogP) is 1.45. The van der Waals surface area contributed by atoms with Crippen molar-refractivity contribution in [1.29, 1.82) is 0 Å². The zero-order valence-corrected chi connectivity index (χ0v) is 11.9. The maximum Gasteiger partial charge on any atom is 0.324 e. The molecule has 0 aliphatic heterocycles. The van der Waals surface area contributed by atoms with Gasteiger partial charge in [-0.25, -0.2) is 4.79 Å². The largest absolute Gasteiger partial charge is 0.481 e. The van der Waals surface area contributed by atoms with Gasteiger partial charge in [0.05, 0.1) is 5.41 Å². The van der Waals surface area contributed by atoms with Gasteiger partial charge < -0.3 is 10.0 Å². The Morgan fingerprint density at radius 3 is 2.32 bits per heavy atom. The third-order valence-corrected chi connectivity index (χ3v) is 3.66. The molecule has 3 amide bonds. The summed E-state index contributed by atoms with van der Waals surface area (Å²) in [6.07, 6.45) is 2.00. The lowest BCUT2D eigenvalue weighted by Gasteiger charge is -2.25. The van der Waals surface area contributed by atoms with E-state index in [0.717, 1.165) is 12.8 Å². The Bertz CT molecular complexity index is 388. The van der Waals surface area contributed by atoms with E-state index >= 15 is 0 Å². The number of carboxylic acids is 1. The second-order valence-electron chi connectivity index (χ2n) is 5.91. The van der Waals surface area contributed by atoms with Crippen LogP contribution in [0.2, 0.25) is 0 Å². The minimum Gasteiger partial charge on any atom is -0.481 e. The van der Waals surface area contributed by atoms with E-state index in [1.807, 2.05) is 6.92 Å². The molecule has 6 nitrogen and oxygen atoms in total. The van der Waals surface area contributed by atoms with Crippen molar-refractivity contribution >= 4 is 17.9 Å². The van der Waals surface area contributed by atoms with Crippen LogP contribution in [0.4, 0.5) is 4.79 Å². The van der Waals surface area contributed by atoms with Gasteiger partial charge in [0, 0.05) is 19.5 Å². The molecule has 0 aromatic rings. The van der Waals surface area contributed by atoms with Gasteiger partial charge in [-0.1, -0.05) is 0 Å². The number of nitrogens with zero attached hydrogens (tertiary/aromatic N) is 1. The van der Waals surface area contributed by atoms with Crippen molar-refractivity contribution < 1.29 is 19.5 Å². The highest BCUT2D eigenvalue weighted by Gasteiger charge is 2.34. The average Bonchev–Trinajstić information content (AvgIpc) is 3.09. The number of urea groups is 1. The van der Waals surface area contributed by atoms with Gasteiger partial charge in [-0.15, -0.1) is 0 Å². The molecule has 1 fully saturated rings.